The standard InChI is InChI=1S/C13H14N2O4/c1-3-19-13(17)11-8-12(16)15(14-11)9-5-4-6-10(7-9)18-2/h4-8,14H,3H2,1-2H3. The van der Waals surface area contributed by atoms with Crippen LogP contribution in [-0.2, 0) is 4.74 Å². The summed E-state index contributed by atoms with van der Waals surface area (Å²) in [6, 6.07) is 8.15. The number of hydrogen-bond acceptors (Lipinski definition) is 4. The first kappa shape index (κ1) is 12.9. The number of nitrogens with one attached hydrogen (secondary N) is 1. The molecular formula is C13H14N2O4. The molecular weight excluding hydrogens is 248 g/mol. The highest BCUT2D eigenvalue weighted by Crippen LogP contribution is 2.14. The fraction of sp³-hybridized carbons (Fsp3) is 0.231. The number of carbonyl (C=O) groups excluding carboxylic acids is 1. The zero-order valence-electron chi connectivity index (χ0n) is 10.7. The fourth-order valence-electron chi connectivity index (χ4n) is 1.65. The molecule has 2 aromatic rings. The molecule has 19 heavy (non-hydrogen) atoms. The van der Waals surface area contributed by atoms with Crippen LogP contribution in [0.2, 0.25) is 0 Å². The Hall–Kier alpha value is -2.50. The van der Waals surface area contributed by atoms with Crippen molar-refractivity contribution < 1.29 is 14.3 Å². The average Bonchev–Trinajstić information content (AvgIpc) is 2.81. The molecule has 0 atom stereocenters. The maximum absolute atomic E-state index is 11.8. The van der Waals surface area contributed by atoms with Crippen molar-refractivity contribution >= 4 is 5.97 Å². The van der Waals surface area contributed by atoms with E-state index in [2.05, 4.69) is 5.10 Å². The summed E-state index contributed by atoms with van der Waals surface area (Å²) in [7, 11) is 1.54. The number of rotatable bonds is 4. The van der Waals surface area contributed by atoms with Crippen LogP contribution in [0.4, 0.5) is 0 Å². The van der Waals surface area contributed by atoms with Gasteiger partial charge in [0.25, 0.3) is 5.56 Å². The first-order valence-corrected chi connectivity index (χ1v) is 5.79. The molecule has 0 aliphatic heterocycles. The van der Waals surface area contributed by atoms with Gasteiger partial charge in [-0.25, -0.2) is 9.48 Å². The molecule has 1 aromatic heterocycles. The predicted octanol–water partition coefficient (Wildman–Crippen LogP) is 1.35. The van der Waals surface area contributed by atoms with Crippen LogP contribution in [0.5, 0.6) is 5.75 Å². The van der Waals surface area contributed by atoms with E-state index in [0.29, 0.717) is 11.4 Å². The van der Waals surface area contributed by atoms with E-state index in [0.717, 1.165) is 0 Å². The summed E-state index contributed by atoms with van der Waals surface area (Å²) in [5.41, 5.74) is 0.367. The molecule has 0 bridgehead atoms. The second-order valence-electron chi connectivity index (χ2n) is 3.77. The van der Waals surface area contributed by atoms with Crippen LogP contribution in [0.3, 0.4) is 0 Å². The van der Waals surface area contributed by atoms with E-state index >= 15 is 0 Å². The minimum absolute atomic E-state index is 0.120. The fourth-order valence-corrected chi connectivity index (χ4v) is 1.65. The van der Waals surface area contributed by atoms with Crippen LogP contribution in [0.15, 0.2) is 35.1 Å². The molecule has 6 heteroatoms. The molecule has 1 N–H and O–H groups in total. The van der Waals surface area contributed by atoms with Gasteiger partial charge in [0.2, 0.25) is 0 Å². The van der Waals surface area contributed by atoms with Crippen LogP contribution in [-0.4, -0.2) is 29.5 Å². The SMILES string of the molecule is CCOC(=O)c1cc(=O)n(-c2cccc(OC)c2)[nH]1. The quantitative estimate of drug-likeness (QED) is 0.844. The van der Waals surface area contributed by atoms with Crippen molar-refractivity contribution in [2.45, 2.75) is 6.92 Å². The molecule has 6 nitrogen and oxygen atoms in total. The maximum atomic E-state index is 11.8. The monoisotopic (exact) mass is 262 g/mol. The van der Waals surface area contributed by atoms with Crippen LogP contribution < -0.4 is 10.3 Å². The van der Waals surface area contributed by atoms with E-state index in [4.69, 9.17) is 9.47 Å². The Morgan fingerprint density at radius 2 is 2.16 bits per heavy atom. The highest BCUT2D eigenvalue weighted by Gasteiger charge is 2.13. The van der Waals surface area contributed by atoms with Crippen LogP contribution >= 0.6 is 0 Å². The Morgan fingerprint density at radius 1 is 1.37 bits per heavy atom. The molecule has 0 saturated heterocycles. The number of esters is 1. The summed E-state index contributed by atoms with van der Waals surface area (Å²) in [5, 5.41) is 2.71. The summed E-state index contributed by atoms with van der Waals surface area (Å²) >= 11 is 0. The molecule has 0 amide bonds. The third-order valence-electron chi connectivity index (χ3n) is 2.53. The predicted molar refractivity (Wildman–Crippen MR) is 68.9 cm³/mol. The van der Waals surface area contributed by atoms with Crippen LogP contribution in [0.25, 0.3) is 5.69 Å². The maximum Gasteiger partial charge on any atom is 0.356 e. The van der Waals surface area contributed by atoms with Gasteiger partial charge in [-0.3, -0.25) is 9.89 Å². The van der Waals surface area contributed by atoms with E-state index in [-0.39, 0.29) is 17.9 Å². The van der Waals surface area contributed by atoms with Crippen LogP contribution in [0.1, 0.15) is 17.4 Å². The largest absolute Gasteiger partial charge is 0.497 e. The molecule has 0 radical (unpaired) electrons. The van der Waals surface area contributed by atoms with Crippen molar-refractivity contribution in [3.63, 3.8) is 0 Å². The van der Waals surface area contributed by atoms with Crippen molar-refractivity contribution in [2.24, 2.45) is 0 Å². The van der Waals surface area contributed by atoms with Gasteiger partial charge in [-0.1, -0.05) is 6.07 Å². The lowest BCUT2D eigenvalue weighted by atomic mass is 10.3. The van der Waals surface area contributed by atoms with E-state index < -0.39 is 5.97 Å². The van der Waals surface area contributed by atoms with Gasteiger partial charge < -0.3 is 9.47 Å². The molecule has 0 spiro atoms. The zero-order chi connectivity index (χ0) is 13.8. The van der Waals surface area contributed by atoms with E-state index in [1.165, 1.54) is 10.7 Å². The van der Waals surface area contributed by atoms with E-state index in [9.17, 15) is 9.59 Å². The summed E-state index contributed by atoms with van der Waals surface area (Å²) < 4.78 is 11.2. The van der Waals surface area contributed by atoms with Gasteiger partial charge in [0, 0.05) is 12.1 Å². The van der Waals surface area contributed by atoms with Gasteiger partial charge in [-0.05, 0) is 19.1 Å². The Balaban J connectivity index is 2.40. The number of aromatic amines is 1. The Bertz CT molecular complexity index is 642. The number of ether oxygens (including phenoxy) is 2. The molecule has 0 fully saturated rings. The third-order valence-corrected chi connectivity index (χ3v) is 2.53. The molecule has 0 unspecified atom stereocenters. The minimum atomic E-state index is -0.554. The van der Waals surface area contributed by atoms with Gasteiger partial charge in [0.15, 0.2) is 0 Å². The van der Waals surface area contributed by atoms with Gasteiger partial charge >= 0.3 is 5.97 Å². The Kier molecular flexibility index (Phi) is 3.70. The summed E-state index contributed by atoms with van der Waals surface area (Å²) in [6.07, 6.45) is 0. The second-order valence-corrected chi connectivity index (χ2v) is 3.77. The first-order valence-electron chi connectivity index (χ1n) is 5.79. The molecule has 0 aliphatic rings. The number of methoxy groups -OCH3 is 1. The van der Waals surface area contributed by atoms with E-state index in [1.807, 2.05) is 0 Å². The lowest BCUT2D eigenvalue weighted by Gasteiger charge is -2.04. The minimum Gasteiger partial charge on any atom is -0.497 e. The summed E-state index contributed by atoms with van der Waals surface area (Å²) in [5.74, 6) is 0.0675. The number of aromatic nitrogens is 2. The average molecular weight is 262 g/mol. The smallest absolute Gasteiger partial charge is 0.356 e. The summed E-state index contributed by atoms with van der Waals surface area (Å²) in [6.45, 7) is 1.96. The van der Waals surface area contributed by atoms with Crippen molar-refractivity contribution in [1.82, 2.24) is 9.78 Å². The number of carbonyl (C=O) groups is 1. The third kappa shape index (κ3) is 2.67. The number of hydrogen-bond donors (Lipinski definition) is 1. The van der Waals surface area contributed by atoms with Gasteiger partial charge in [-0.15, -0.1) is 0 Å². The Morgan fingerprint density at radius 3 is 2.84 bits per heavy atom. The molecule has 0 saturated carbocycles. The lowest BCUT2D eigenvalue weighted by Crippen LogP contribution is -2.13. The molecule has 0 aliphatic carbocycles. The van der Waals surface area contributed by atoms with Gasteiger partial charge in [0.1, 0.15) is 11.4 Å². The highest BCUT2D eigenvalue weighted by atomic mass is 16.5. The number of nitrogens with zero attached hydrogens (tertiary/aromatic N) is 1. The van der Waals surface area contributed by atoms with E-state index in [1.54, 1.807) is 38.3 Å². The van der Waals surface area contributed by atoms with Crippen molar-refractivity contribution in [3.8, 4) is 11.4 Å². The summed E-state index contributed by atoms with van der Waals surface area (Å²) in [4.78, 5) is 23.4. The van der Waals surface area contributed by atoms with Crippen molar-refractivity contribution in [3.05, 3.63) is 46.4 Å². The van der Waals surface area contributed by atoms with Crippen molar-refractivity contribution in [2.75, 3.05) is 13.7 Å². The van der Waals surface area contributed by atoms with Crippen molar-refractivity contribution in [1.29, 1.82) is 0 Å². The lowest BCUT2D eigenvalue weighted by molar-refractivity contribution is 0.0519. The van der Waals surface area contributed by atoms with Gasteiger partial charge in [-0.2, -0.15) is 0 Å². The topological polar surface area (TPSA) is 73.3 Å². The second kappa shape index (κ2) is 5.43. The zero-order valence-corrected chi connectivity index (χ0v) is 10.7. The number of H-pyrrole nitrogens is 1. The normalized spacial score (nSPS) is 10.2. The molecule has 2 rings (SSSR count). The molecule has 1 heterocycles. The molecule has 1 aromatic carbocycles. The van der Waals surface area contributed by atoms with Gasteiger partial charge in [0.05, 0.1) is 19.4 Å². The first-order chi connectivity index (χ1) is 9.15. The Labute approximate surface area is 109 Å². The highest BCUT2D eigenvalue weighted by molar-refractivity contribution is 5.87. The molecule has 100 valence electrons. The van der Waals surface area contributed by atoms with Crippen LogP contribution in [0, 0.1) is 0 Å². The number of benzene rings is 1.